The molecule has 4 aliphatic rings. The fraction of sp³-hybridized carbons (Fsp3) is 0.724. The number of hydrogen-bond donors (Lipinski definition) is 0. The molecule has 0 aromatic heterocycles. The molecule has 39 heavy (non-hydrogen) atoms. The third-order valence-electron chi connectivity index (χ3n) is 9.37. The number of rotatable bonds is 7. The maximum atomic E-state index is 13.8. The van der Waals surface area contributed by atoms with Crippen molar-refractivity contribution in [2.45, 2.75) is 63.2 Å². The zero-order valence-electron chi connectivity index (χ0n) is 22.9. The van der Waals surface area contributed by atoms with Gasteiger partial charge in [-0.15, -0.1) is 0 Å². The van der Waals surface area contributed by atoms with Crippen molar-refractivity contribution in [3.8, 4) is 0 Å². The first-order valence-corrected chi connectivity index (χ1v) is 14.5. The van der Waals surface area contributed by atoms with Crippen molar-refractivity contribution in [1.82, 2.24) is 14.7 Å². The third-order valence-corrected chi connectivity index (χ3v) is 9.37. The molecule has 10 heteroatoms. The number of likely N-dealkylation sites (tertiary alicyclic amines) is 1. The largest absolute Gasteiger partial charge is 0.469 e. The minimum Gasteiger partial charge on any atom is -0.469 e. The lowest BCUT2D eigenvalue weighted by Crippen LogP contribution is -2.66. The van der Waals surface area contributed by atoms with E-state index in [1.54, 1.807) is 6.07 Å². The van der Waals surface area contributed by atoms with Crippen LogP contribution in [0.5, 0.6) is 0 Å². The number of anilines is 1. The van der Waals surface area contributed by atoms with Crippen molar-refractivity contribution in [3.05, 3.63) is 29.8 Å². The van der Waals surface area contributed by atoms with Gasteiger partial charge in [0.25, 0.3) is 0 Å². The highest BCUT2D eigenvalue weighted by Gasteiger charge is 2.49. The molecule has 4 aliphatic heterocycles. The number of carbonyl (C=O) groups is 2. The monoisotopic (exact) mass is 550 g/mol. The first-order chi connectivity index (χ1) is 18.7. The van der Waals surface area contributed by atoms with Crippen molar-refractivity contribution in [1.29, 1.82) is 0 Å². The lowest BCUT2D eigenvalue weighted by atomic mass is 9.69. The molecule has 4 fully saturated rings. The van der Waals surface area contributed by atoms with E-state index in [-0.39, 0.29) is 17.9 Å². The lowest BCUT2D eigenvalue weighted by Gasteiger charge is -2.57. The number of piperazine rings is 1. The Morgan fingerprint density at radius 1 is 1.03 bits per heavy atom. The quantitative estimate of drug-likeness (QED) is 0.481. The Morgan fingerprint density at radius 3 is 2.49 bits per heavy atom. The average Bonchev–Trinajstić information content (AvgIpc) is 2.94. The second-order valence-electron chi connectivity index (χ2n) is 11.6. The van der Waals surface area contributed by atoms with E-state index in [0.717, 1.165) is 51.4 Å². The fourth-order valence-electron chi connectivity index (χ4n) is 7.53. The van der Waals surface area contributed by atoms with Gasteiger partial charge in [-0.3, -0.25) is 19.4 Å². The highest BCUT2D eigenvalue weighted by molar-refractivity contribution is 5.79. The van der Waals surface area contributed by atoms with Crippen LogP contribution < -0.4 is 4.90 Å². The molecule has 1 amide bonds. The normalized spacial score (nSPS) is 28.2. The molecule has 0 N–H and O–H groups in total. The molecule has 0 aliphatic carbocycles. The molecule has 1 aromatic rings. The molecule has 5 rings (SSSR count). The Hall–Kier alpha value is -2.33. The maximum Gasteiger partial charge on any atom is 0.416 e. The van der Waals surface area contributed by atoms with E-state index < -0.39 is 11.7 Å². The SMILES string of the molecule is COC(=O)CCCC1C2CCCN3CCCC(CN1C(=O)CN1CCN(c4cccc(C(F)(F)F)c4)CC1)C23. The van der Waals surface area contributed by atoms with Crippen LogP contribution >= 0.6 is 0 Å². The lowest BCUT2D eigenvalue weighted by molar-refractivity contribution is -0.148. The number of amides is 1. The summed E-state index contributed by atoms with van der Waals surface area (Å²) in [7, 11) is 1.41. The van der Waals surface area contributed by atoms with Crippen molar-refractivity contribution >= 4 is 17.6 Å². The minimum atomic E-state index is -4.36. The van der Waals surface area contributed by atoms with Crippen LogP contribution in [0.1, 0.15) is 50.5 Å². The topological polar surface area (TPSA) is 56.3 Å². The number of ether oxygens (including phenoxy) is 1. The van der Waals surface area contributed by atoms with E-state index >= 15 is 0 Å². The van der Waals surface area contributed by atoms with E-state index in [4.69, 9.17) is 4.74 Å². The average molecular weight is 551 g/mol. The van der Waals surface area contributed by atoms with E-state index in [1.807, 2.05) is 4.90 Å². The Morgan fingerprint density at radius 2 is 1.77 bits per heavy atom. The van der Waals surface area contributed by atoms with Crippen LogP contribution in [0.15, 0.2) is 24.3 Å². The van der Waals surface area contributed by atoms with Gasteiger partial charge in [0.05, 0.1) is 19.2 Å². The number of alkyl halides is 3. The van der Waals surface area contributed by atoms with Gasteiger partial charge in [-0.05, 0) is 81.6 Å². The molecular formula is C29H41F3N4O3. The van der Waals surface area contributed by atoms with Crippen molar-refractivity contribution in [2.75, 3.05) is 64.4 Å². The summed E-state index contributed by atoms with van der Waals surface area (Å²) in [5.41, 5.74) is -0.0639. The summed E-state index contributed by atoms with van der Waals surface area (Å²) < 4.78 is 44.4. The van der Waals surface area contributed by atoms with Crippen LogP contribution in [0, 0.1) is 11.8 Å². The highest BCUT2D eigenvalue weighted by atomic mass is 19.4. The van der Waals surface area contributed by atoms with Gasteiger partial charge in [0.1, 0.15) is 0 Å². The van der Waals surface area contributed by atoms with E-state index in [1.165, 1.54) is 25.7 Å². The van der Waals surface area contributed by atoms with Gasteiger partial charge < -0.3 is 14.5 Å². The highest BCUT2D eigenvalue weighted by Crippen LogP contribution is 2.43. The van der Waals surface area contributed by atoms with E-state index in [0.29, 0.717) is 69.1 Å². The summed E-state index contributed by atoms with van der Waals surface area (Å²) in [6.07, 6.45) is 2.15. The summed E-state index contributed by atoms with van der Waals surface area (Å²) in [5, 5.41) is 0. The molecule has 0 bridgehead atoms. The number of esters is 1. The molecule has 4 unspecified atom stereocenters. The first-order valence-electron chi connectivity index (χ1n) is 14.5. The Kier molecular flexibility index (Phi) is 8.71. The van der Waals surface area contributed by atoms with Crippen LogP contribution in [0.4, 0.5) is 18.9 Å². The second-order valence-corrected chi connectivity index (χ2v) is 11.6. The number of methoxy groups -OCH3 is 1. The molecule has 0 spiro atoms. The van der Waals surface area contributed by atoms with Crippen LogP contribution in [0.3, 0.4) is 0 Å². The van der Waals surface area contributed by atoms with Crippen LogP contribution in [0.2, 0.25) is 0 Å². The van der Waals surface area contributed by atoms with E-state index in [2.05, 4.69) is 14.7 Å². The molecule has 7 nitrogen and oxygen atoms in total. The van der Waals surface area contributed by atoms with Crippen LogP contribution in [-0.2, 0) is 20.5 Å². The van der Waals surface area contributed by atoms with Crippen molar-refractivity contribution < 1.29 is 27.5 Å². The fourth-order valence-corrected chi connectivity index (χ4v) is 7.53. The summed E-state index contributed by atoms with van der Waals surface area (Å²) in [4.78, 5) is 34.5. The molecule has 0 radical (unpaired) electrons. The first kappa shape index (κ1) is 28.2. The molecule has 4 atom stereocenters. The van der Waals surface area contributed by atoms with E-state index in [9.17, 15) is 22.8 Å². The molecule has 1 aromatic carbocycles. The van der Waals surface area contributed by atoms with Gasteiger partial charge in [-0.1, -0.05) is 6.07 Å². The van der Waals surface area contributed by atoms with Crippen molar-refractivity contribution in [3.63, 3.8) is 0 Å². The molecule has 4 saturated heterocycles. The molecule has 0 saturated carbocycles. The minimum absolute atomic E-state index is 0.135. The van der Waals surface area contributed by atoms with Gasteiger partial charge >= 0.3 is 12.1 Å². The number of carbonyl (C=O) groups excluding carboxylic acids is 2. The summed E-state index contributed by atoms with van der Waals surface area (Å²) in [6, 6.07) is 6.15. The van der Waals surface area contributed by atoms with Crippen LogP contribution in [0.25, 0.3) is 0 Å². The van der Waals surface area contributed by atoms with Gasteiger partial charge in [0.15, 0.2) is 0 Å². The predicted molar refractivity (Wildman–Crippen MR) is 142 cm³/mol. The molecule has 4 heterocycles. The van der Waals surface area contributed by atoms with Crippen LogP contribution in [-0.4, -0.2) is 98.1 Å². The predicted octanol–water partition coefficient (Wildman–Crippen LogP) is 3.87. The smallest absolute Gasteiger partial charge is 0.416 e. The maximum absolute atomic E-state index is 13.8. The number of piperidine rings is 3. The van der Waals surface area contributed by atoms with Gasteiger partial charge in [0, 0.05) is 56.9 Å². The standard InChI is InChI=1S/C29H41F3N4O3/c1-39-27(38)11-3-10-25-24-9-5-13-35-12-4-6-21(28(24)35)19-36(25)26(37)20-33-14-16-34(17-15-33)23-8-2-7-22(18-23)29(30,31)32/h2,7-8,18,21,24-25,28H,3-6,9-17,19-20H2,1H3. The number of nitrogens with zero attached hydrogens (tertiary/aromatic N) is 4. The molecular weight excluding hydrogens is 509 g/mol. The zero-order chi connectivity index (χ0) is 27.6. The Balaban J connectivity index is 1.23. The van der Waals surface area contributed by atoms with Gasteiger partial charge in [0.2, 0.25) is 5.91 Å². The van der Waals surface area contributed by atoms with Gasteiger partial charge in [-0.25, -0.2) is 0 Å². The summed E-state index contributed by atoms with van der Waals surface area (Å²) in [5.74, 6) is 0.884. The third kappa shape index (κ3) is 6.37. The second kappa shape index (κ2) is 12.0. The Labute approximate surface area is 229 Å². The number of hydrogen-bond acceptors (Lipinski definition) is 6. The van der Waals surface area contributed by atoms with Gasteiger partial charge in [-0.2, -0.15) is 13.2 Å². The summed E-state index contributed by atoms with van der Waals surface area (Å²) >= 11 is 0. The van der Waals surface area contributed by atoms with Crippen molar-refractivity contribution in [2.24, 2.45) is 11.8 Å². The summed E-state index contributed by atoms with van der Waals surface area (Å²) in [6.45, 7) is 5.84. The number of halogens is 3. The Bertz CT molecular complexity index is 1010. The molecule has 216 valence electrons. The zero-order valence-corrected chi connectivity index (χ0v) is 22.9. The number of benzene rings is 1.